The smallest absolute Gasteiger partial charge is 0.0474 e. The molecule has 2 atom stereocenters. The lowest BCUT2D eigenvalue weighted by atomic mass is 9.98. The molecule has 2 unspecified atom stereocenters. The van der Waals surface area contributed by atoms with Crippen molar-refractivity contribution in [3.63, 3.8) is 0 Å². The number of benzene rings is 1. The Morgan fingerprint density at radius 2 is 1.84 bits per heavy atom. The Labute approximate surface area is 117 Å². The van der Waals surface area contributed by atoms with E-state index < -0.39 is 0 Å². The molecule has 106 valence electrons. The van der Waals surface area contributed by atoms with Gasteiger partial charge in [-0.1, -0.05) is 29.3 Å². The molecule has 1 aliphatic heterocycles. The first-order valence-corrected chi connectivity index (χ1v) is 7.24. The first-order valence-electron chi connectivity index (χ1n) is 7.24. The van der Waals surface area contributed by atoms with Gasteiger partial charge < -0.3 is 10.6 Å². The molecule has 0 aromatic heterocycles. The Morgan fingerprint density at radius 3 is 2.37 bits per heavy atom. The third-order valence-corrected chi connectivity index (χ3v) is 4.13. The molecular formula is C16H27N3. The minimum atomic E-state index is 0.349. The van der Waals surface area contributed by atoms with E-state index in [4.69, 9.17) is 5.73 Å². The summed E-state index contributed by atoms with van der Waals surface area (Å²) in [5.41, 5.74) is 10.1. The number of hydrogen-bond acceptors (Lipinski definition) is 3. The van der Waals surface area contributed by atoms with Crippen molar-refractivity contribution in [1.29, 1.82) is 0 Å². The summed E-state index contributed by atoms with van der Waals surface area (Å²) in [6, 6.07) is 7.71. The van der Waals surface area contributed by atoms with Gasteiger partial charge in [-0.05, 0) is 33.4 Å². The molecule has 1 saturated heterocycles. The summed E-state index contributed by atoms with van der Waals surface area (Å²) >= 11 is 0. The van der Waals surface area contributed by atoms with Crippen LogP contribution < -0.4 is 5.73 Å². The van der Waals surface area contributed by atoms with Gasteiger partial charge in [0.25, 0.3) is 0 Å². The predicted octanol–water partition coefficient (Wildman–Crippen LogP) is 1.94. The molecule has 2 rings (SSSR count). The molecule has 19 heavy (non-hydrogen) atoms. The lowest BCUT2D eigenvalue weighted by Gasteiger charge is -2.42. The molecular weight excluding hydrogens is 234 g/mol. The van der Waals surface area contributed by atoms with Gasteiger partial charge in [0.1, 0.15) is 0 Å². The fourth-order valence-corrected chi connectivity index (χ4v) is 3.28. The van der Waals surface area contributed by atoms with E-state index in [1.165, 1.54) is 16.7 Å². The zero-order valence-electron chi connectivity index (χ0n) is 12.7. The van der Waals surface area contributed by atoms with Gasteiger partial charge in [-0.3, -0.25) is 4.90 Å². The van der Waals surface area contributed by atoms with Crippen molar-refractivity contribution >= 4 is 0 Å². The number of nitrogens with zero attached hydrogens (tertiary/aromatic N) is 2. The fraction of sp³-hybridized carbons (Fsp3) is 0.625. The van der Waals surface area contributed by atoms with Crippen LogP contribution in [-0.4, -0.2) is 49.1 Å². The number of rotatable bonds is 3. The summed E-state index contributed by atoms with van der Waals surface area (Å²) in [5, 5.41) is 0. The molecule has 1 aromatic rings. The molecule has 0 bridgehead atoms. The number of nitrogens with two attached hydrogens (primary N) is 1. The fourth-order valence-electron chi connectivity index (χ4n) is 3.28. The van der Waals surface area contributed by atoms with Crippen molar-refractivity contribution in [3.8, 4) is 0 Å². The lowest BCUT2D eigenvalue weighted by Crippen LogP contribution is -2.52. The Hall–Kier alpha value is -0.900. The van der Waals surface area contributed by atoms with Crippen LogP contribution in [0.15, 0.2) is 18.2 Å². The van der Waals surface area contributed by atoms with E-state index in [1.54, 1.807) is 0 Å². The highest BCUT2D eigenvalue weighted by atomic mass is 15.3. The third-order valence-electron chi connectivity index (χ3n) is 4.13. The highest BCUT2D eigenvalue weighted by Crippen LogP contribution is 2.25. The van der Waals surface area contributed by atoms with Crippen LogP contribution in [-0.2, 0) is 0 Å². The van der Waals surface area contributed by atoms with Crippen LogP contribution >= 0.6 is 0 Å². The summed E-state index contributed by atoms with van der Waals surface area (Å²) in [7, 11) is 2.20. The maximum Gasteiger partial charge on any atom is 0.0474 e. The van der Waals surface area contributed by atoms with Gasteiger partial charge in [0, 0.05) is 38.3 Å². The molecule has 0 aliphatic carbocycles. The predicted molar refractivity (Wildman–Crippen MR) is 81.4 cm³/mol. The van der Waals surface area contributed by atoms with E-state index in [9.17, 15) is 0 Å². The van der Waals surface area contributed by atoms with Gasteiger partial charge in [-0.2, -0.15) is 0 Å². The highest BCUT2D eigenvalue weighted by molar-refractivity contribution is 5.31. The van der Waals surface area contributed by atoms with E-state index in [-0.39, 0.29) is 0 Å². The van der Waals surface area contributed by atoms with E-state index in [0.29, 0.717) is 18.6 Å². The van der Waals surface area contributed by atoms with Crippen LogP contribution in [0.1, 0.15) is 29.7 Å². The molecule has 1 aromatic carbocycles. The molecule has 0 amide bonds. The van der Waals surface area contributed by atoms with Crippen LogP contribution in [0.5, 0.6) is 0 Å². The Kier molecular flexibility index (Phi) is 4.61. The van der Waals surface area contributed by atoms with Crippen molar-refractivity contribution < 1.29 is 0 Å². The molecule has 3 heteroatoms. The van der Waals surface area contributed by atoms with Gasteiger partial charge in [-0.25, -0.2) is 0 Å². The quantitative estimate of drug-likeness (QED) is 0.902. The zero-order valence-corrected chi connectivity index (χ0v) is 12.7. The second-order valence-corrected chi connectivity index (χ2v) is 6.02. The maximum absolute atomic E-state index is 6.08. The first kappa shape index (κ1) is 14.5. The molecule has 1 aliphatic rings. The molecule has 0 spiro atoms. The molecule has 3 nitrogen and oxygen atoms in total. The van der Waals surface area contributed by atoms with Gasteiger partial charge in [0.2, 0.25) is 0 Å². The van der Waals surface area contributed by atoms with Crippen LogP contribution in [0.3, 0.4) is 0 Å². The summed E-state index contributed by atoms with van der Waals surface area (Å²) in [6.07, 6.45) is 0. The van der Waals surface area contributed by atoms with Crippen LogP contribution in [0.25, 0.3) is 0 Å². The van der Waals surface area contributed by atoms with E-state index in [2.05, 4.69) is 55.8 Å². The number of piperazine rings is 1. The molecule has 2 N–H and O–H groups in total. The van der Waals surface area contributed by atoms with Crippen LogP contribution in [0.2, 0.25) is 0 Å². The average Bonchev–Trinajstić information content (AvgIpc) is 2.31. The molecule has 1 fully saturated rings. The van der Waals surface area contributed by atoms with Crippen molar-refractivity contribution in [2.24, 2.45) is 5.73 Å². The van der Waals surface area contributed by atoms with Gasteiger partial charge in [-0.15, -0.1) is 0 Å². The van der Waals surface area contributed by atoms with Crippen LogP contribution in [0, 0.1) is 13.8 Å². The van der Waals surface area contributed by atoms with Crippen molar-refractivity contribution in [2.75, 3.05) is 33.2 Å². The second kappa shape index (κ2) is 6.04. The number of aryl methyl sites for hydroxylation is 2. The Morgan fingerprint density at radius 1 is 1.21 bits per heavy atom. The van der Waals surface area contributed by atoms with Gasteiger partial charge in [0.15, 0.2) is 0 Å². The Balaban J connectivity index is 2.23. The number of likely N-dealkylation sites (N-methyl/N-ethyl adjacent to an activating group) is 1. The highest BCUT2D eigenvalue weighted by Gasteiger charge is 2.28. The van der Waals surface area contributed by atoms with E-state index >= 15 is 0 Å². The standard InChI is InChI=1S/C16H27N3/c1-12-7-13(2)9-15(8-12)16(10-17)19-6-5-18(4)11-14(19)3/h7-9,14,16H,5-6,10-11,17H2,1-4H3. The normalized spacial score (nSPS) is 23.5. The van der Waals surface area contributed by atoms with Gasteiger partial charge >= 0.3 is 0 Å². The summed E-state index contributed by atoms with van der Waals surface area (Å²) in [4.78, 5) is 4.96. The maximum atomic E-state index is 6.08. The summed E-state index contributed by atoms with van der Waals surface area (Å²) in [5.74, 6) is 0. The summed E-state index contributed by atoms with van der Waals surface area (Å²) < 4.78 is 0. The Bertz CT molecular complexity index is 410. The van der Waals surface area contributed by atoms with E-state index in [0.717, 1.165) is 19.6 Å². The minimum Gasteiger partial charge on any atom is -0.329 e. The molecule has 0 saturated carbocycles. The lowest BCUT2D eigenvalue weighted by molar-refractivity contribution is 0.0635. The van der Waals surface area contributed by atoms with Crippen molar-refractivity contribution in [1.82, 2.24) is 9.80 Å². The monoisotopic (exact) mass is 261 g/mol. The van der Waals surface area contributed by atoms with Crippen LogP contribution in [0.4, 0.5) is 0 Å². The molecule has 0 radical (unpaired) electrons. The molecule has 1 heterocycles. The summed E-state index contributed by atoms with van der Waals surface area (Å²) in [6.45, 7) is 10.7. The van der Waals surface area contributed by atoms with Crippen molar-refractivity contribution in [2.45, 2.75) is 32.9 Å². The number of hydrogen-bond donors (Lipinski definition) is 1. The third kappa shape index (κ3) is 3.35. The largest absolute Gasteiger partial charge is 0.329 e. The average molecular weight is 261 g/mol. The second-order valence-electron chi connectivity index (χ2n) is 6.02. The first-order chi connectivity index (χ1) is 9.01. The van der Waals surface area contributed by atoms with Crippen molar-refractivity contribution in [3.05, 3.63) is 34.9 Å². The SMILES string of the molecule is Cc1cc(C)cc(C(CN)N2CCN(C)CC2C)c1. The zero-order chi connectivity index (χ0) is 14.0. The minimum absolute atomic E-state index is 0.349. The van der Waals surface area contributed by atoms with E-state index in [1.807, 2.05) is 0 Å². The van der Waals surface area contributed by atoms with Gasteiger partial charge in [0.05, 0.1) is 0 Å². The topological polar surface area (TPSA) is 32.5 Å².